The quantitative estimate of drug-likeness (QED) is 0.486. The maximum atomic E-state index is 13.3. The number of nitrogen functional groups attached to an aromatic ring is 1. The van der Waals surface area contributed by atoms with Crippen LogP contribution in [0.5, 0.6) is 0 Å². The second-order valence-electron chi connectivity index (χ2n) is 9.29. The molecule has 0 spiro atoms. The van der Waals surface area contributed by atoms with Gasteiger partial charge in [0.1, 0.15) is 5.69 Å². The number of piperidine rings is 1. The Kier molecular flexibility index (Phi) is 7.39. The van der Waals surface area contributed by atoms with Gasteiger partial charge in [0, 0.05) is 73.5 Å². The number of nitrogens with zero attached hydrogens (tertiary/aromatic N) is 5. The highest BCUT2D eigenvalue weighted by Gasteiger charge is 2.21. The molecule has 0 radical (unpaired) electrons. The van der Waals surface area contributed by atoms with Crippen LogP contribution in [0.3, 0.4) is 0 Å². The number of ketones is 1. The van der Waals surface area contributed by atoms with Crippen LogP contribution < -0.4 is 20.9 Å². The molecule has 1 aromatic carbocycles. The number of rotatable bonds is 7. The number of morpholine rings is 1. The zero-order chi connectivity index (χ0) is 24.9. The third kappa shape index (κ3) is 5.32. The van der Waals surface area contributed by atoms with Crippen LogP contribution >= 0.6 is 0 Å². The van der Waals surface area contributed by atoms with Crippen LogP contribution in [-0.2, 0) is 11.2 Å². The number of nitrogens with two attached hydrogens (primary N) is 1. The predicted molar refractivity (Wildman–Crippen MR) is 141 cm³/mol. The van der Waals surface area contributed by atoms with E-state index in [4.69, 9.17) is 10.5 Å². The standard InChI is InChI=1S/C27H33N7O2/c1-29-21-7-10-33(11-8-21)22-4-2-19(3-5-22)23-18-31-27(28)26(32-23)25(35)16-20-17-30-9-6-24(20)34-12-14-36-15-13-34/h2-6,9,17-18,21,29H,7-8,10-16H2,1H3,(H2,28,31). The molecule has 2 fully saturated rings. The number of pyridine rings is 1. The molecule has 2 aliphatic rings. The van der Waals surface area contributed by atoms with Crippen molar-refractivity contribution in [2.45, 2.75) is 25.3 Å². The molecule has 4 heterocycles. The molecule has 2 saturated heterocycles. The lowest BCUT2D eigenvalue weighted by molar-refractivity contribution is 0.0988. The van der Waals surface area contributed by atoms with Gasteiger partial charge in [-0.3, -0.25) is 9.78 Å². The van der Waals surface area contributed by atoms with Gasteiger partial charge in [-0.1, -0.05) is 12.1 Å². The van der Waals surface area contributed by atoms with E-state index in [0.29, 0.717) is 24.9 Å². The monoisotopic (exact) mass is 487 g/mol. The van der Waals surface area contributed by atoms with Crippen molar-refractivity contribution in [2.24, 2.45) is 0 Å². The third-order valence-electron chi connectivity index (χ3n) is 7.08. The average molecular weight is 488 g/mol. The first-order chi connectivity index (χ1) is 17.6. The molecule has 2 aromatic heterocycles. The van der Waals surface area contributed by atoms with E-state index in [1.54, 1.807) is 18.6 Å². The molecule has 0 saturated carbocycles. The number of ether oxygens (including phenoxy) is 1. The Morgan fingerprint density at radius 2 is 1.81 bits per heavy atom. The normalized spacial score (nSPS) is 16.8. The summed E-state index contributed by atoms with van der Waals surface area (Å²) in [6.45, 7) is 4.97. The van der Waals surface area contributed by atoms with Crippen molar-refractivity contribution in [3.05, 3.63) is 60.2 Å². The fourth-order valence-corrected chi connectivity index (χ4v) is 4.94. The Morgan fingerprint density at radius 3 is 2.53 bits per heavy atom. The number of benzene rings is 1. The minimum Gasteiger partial charge on any atom is -0.382 e. The second-order valence-corrected chi connectivity index (χ2v) is 9.29. The fourth-order valence-electron chi connectivity index (χ4n) is 4.94. The van der Waals surface area contributed by atoms with Gasteiger partial charge in [0.15, 0.2) is 11.6 Å². The minimum absolute atomic E-state index is 0.143. The molecule has 188 valence electrons. The van der Waals surface area contributed by atoms with Gasteiger partial charge in [-0.2, -0.15) is 0 Å². The first-order valence-corrected chi connectivity index (χ1v) is 12.6. The maximum absolute atomic E-state index is 13.3. The Balaban J connectivity index is 1.32. The van der Waals surface area contributed by atoms with E-state index in [-0.39, 0.29) is 23.7 Å². The molecule has 0 atom stereocenters. The highest BCUT2D eigenvalue weighted by molar-refractivity contribution is 6.00. The average Bonchev–Trinajstić information content (AvgIpc) is 2.94. The molecule has 5 rings (SSSR count). The number of hydrogen-bond acceptors (Lipinski definition) is 9. The van der Waals surface area contributed by atoms with E-state index in [0.717, 1.165) is 55.8 Å². The van der Waals surface area contributed by atoms with E-state index in [1.807, 2.05) is 25.2 Å². The molecular formula is C27H33N7O2. The molecule has 9 nitrogen and oxygen atoms in total. The van der Waals surface area contributed by atoms with Crippen molar-refractivity contribution in [2.75, 3.05) is 62.0 Å². The Labute approximate surface area is 211 Å². The summed E-state index contributed by atoms with van der Waals surface area (Å²) in [5.74, 6) is -0.0297. The summed E-state index contributed by atoms with van der Waals surface area (Å²) in [4.78, 5) is 31.1. The fraction of sp³-hybridized carbons (Fsp3) is 0.407. The largest absolute Gasteiger partial charge is 0.382 e. The van der Waals surface area contributed by atoms with Crippen LogP contribution in [0.15, 0.2) is 48.9 Å². The Bertz CT molecular complexity index is 1190. The van der Waals surface area contributed by atoms with Crippen LogP contribution in [-0.4, -0.2) is 73.2 Å². The highest BCUT2D eigenvalue weighted by atomic mass is 16.5. The minimum atomic E-state index is -0.173. The van der Waals surface area contributed by atoms with Crippen LogP contribution in [0, 0.1) is 0 Å². The van der Waals surface area contributed by atoms with Crippen molar-refractivity contribution >= 4 is 23.0 Å². The molecular weight excluding hydrogens is 454 g/mol. The number of carbonyl (C=O) groups excluding carboxylic acids is 1. The van der Waals surface area contributed by atoms with Gasteiger partial charge in [0.05, 0.1) is 25.1 Å². The second kappa shape index (κ2) is 11.0. The van der Waals surface area contributed by atoms with E-state index >= 15 is 0 Å². The summed E-state index contributed by atoms with van der Waals surface area (Å²) >= 11 is 0. The molecule has 0 bridgehead atoms. The molecule has 0 aliphatic carbocycles. The van der Waals surface area contributed by atoms with Crippen LogP contribution in [0.1, 0.15) is 28.9 Å². The van der Waals surface area contributed by atoms with Crippen LogP contribution in [0.25, 0.3) is 11.3 Å². The van der Waals surface area contributed by atoms with Gasteiger partial charge in [-0.25, -0.2) is 9.97 Å². The number of anilines is 3. The topological polar surface area (TPSA) is 110 Å². The third-order valence-corrected chi connectivity index (χ3v) is 7.08. The number of Topliss-reactive ketones (excluding diaryl/α,β-unsaturated/α-hetero) is 1. The van der Waals surface area contributed by atoms with E-state index in [9.17, 15) is 4.79 Å². The molecule has 9 heteroatoms. The summed E-state index contributed by atoms with van der Waals surface area (Å²) < 4.78 is 5.47. The van der Waals surface area contributed by atoms with E-state index in [1.165, 1.54) is 5.69 Å². The van der Waals surface area contributed by atoms with Crippen molar-refractivity contribution in [1.29, 1.82) is 0 Å². The summed E-state index contributed by atoms with van der Waals surface area (Å²) in [6, 6.07) is 10.8. The van der Waals surface area contributed by atoms with Crippen LogP contribution in [0.4, 0.5) is 17.2 Å². The lowest BCUT2D eigenvalue weighted by atomic mass is 10.0. The first-order valence-electron chi connectivity index (χ1n) is 12.6. The van der Waals surface area contributed by atoms with Crippen molar-refractivity contribution < 1.29 is 9.53 Å². The summed E-state index contributed by atoms with van der Waals surface area (Å²) in [5.41, 5.74) is 10.9. The summed E-state index contributed by atoms with van der Waals surface area (Å²) in [5, 5.41) is 3.37. The number of carbonyl (C=O) groups is 1. The SMILES string of the molecule is CNC1CCN(c2ccc(-c3cnc(N)c(C(=O)Cc4cnccc4N4CCOCC4)n3)cc2)CC1. The summed E-state index contributed by atoms with van der Waals surface area (Å²) in [6.07, 6.45) is 7.55. The lowest BCUT2D eigenvalue weighted by Gasteiger charge is -2.33. The highest BCUT2D eigenvalue weighted by Crippen LogP contribution is 2.26. The van der Waals surface area contributed by atoms with Gasteiger partial charge in [0.2, 0.25) is 0 Å². The van der Waals surface area contributed by atoms with Gasteiger partial charge in [-0.05, 0) is 38.1 Å². The zero-order valence-corrected chi connectivity index (χ0v) is 20.7. The van der Waals surface area contributed by atoms with Gasteiger partial charge in [0.25, 0.3) is 0 Å². The molecule has 0 amide bonds. The van der Waals surface area contributed by atoms with Crippen molar-refractivity contribution in [3.63, 3.8) is 0 Å². The van der Waals surface area contributed by atoms with Crippen LogP contribution in [0.2, 0.25) is 0 Å². The number of hydrogen-bond donors (Lipinski definition) is 2. The van der Waals surface area contributed by atoms with Gasteiger partial charge < -0.3 is 25.6 Å². The molecule has 2 aliphatic heterocycles. The van der Waals surface area contributed by atoms with Gasteiger partial charge >= 0.3 is 0 Å². The van der Waals surface area contributed by atoms with E-state index in [2.05, 4.69) is 42.2 Å². The number of nitrogens with one attached hydrogen (secondary N) is 1. The maximum Gasteiger partial charge on any atom is 0.189 e. The lowest BCUT2D eigenvalue weighted by Crippen LogP contribution is -2.41. The first kappa shape index (κ1) is 24.1. The Hall–Kier alpha value is -3.56. The molecule has 36 heavy (non-hydrogen) atoms. The predicted octanol–water partition coefficient (Wildman–Crippen LogP) is 2.57. The smallest absolute Gasteiger partial charge is 0.189 e. The van der Waals surface area contributed by atoms with Gasteiger partial charge in [-0.15, -0.1) is 0 Å². The molecule has 3 aromatic rings. The molecule has 0 unspecified atom stereocenters. The van der Waals surface area contributed by atoms with E-state index < -0.39 is 0 Å². The molecule has 3 N–H and O–H groups in total. The summed E-state index contributed by atoms with van der Waals surface area (Å²) in [7, 11) is 2.03. The Morgan fingerprint density at radius 1 is 1.06 bits per heavy atom. The zero-order valence-electron chi connectivity index (χ0n) is 20.7. The number of aromatic nitrogens is 3. The van der Waals surface area contributed by atoms with Crippen molar-refractivity contribution in [3.8, 4) is 11.3 Å². The van der Waals surface area contributed by atoms with Crippen molar-refractivity contribution in [1.82, 2.24) is 20.3 Å².